The number of hydrogen-bond donors (Lipinski definition) is 4. The van der Waals surface area contributed by atoms with E-state index in [4.69, 9.17) is 4.42 Å². The summed E-state index contributed by atoms with van der Waals surface area (Å²) in [6, 6.07) is 10.8. The van der Waals surface area contributed by atoms with Crippen molar-refractivity contribution in [2.24, 2.45) is 4.99 Å². The molecule has 2 amide bonds. The number of rotatable bonds is 8. The van der Waals surface area contributed by atoms with Crippen LogP contribution < -0.4 is 21.3 Å². The molecule has 2 rings (SSSR count). The summed E-state index contributed by atoms with van der Waals surface area (Å²) in [4.78, 5) is 27.6. The third kappa shape index (κ3) is 7.59. The molecule has 9 heteroatoms. The van der Waals surface area contributed by atoms with Crippen LogP contribution in [0.5, 0.6) is 0 Å². The largest absolute Gasteiger partial charge is 0.459 e. The first-order chi connectivity index (χ1) is 13.1. The number of furan rings is 1. The highest BCUT2D eigenvalue weighted by molar-refractivity contribution is 14.0. The van der Waals surface area contributed by atoms with Gasteiger partial charge in [-0.3, -0.25) is 14.6 Å². The Kier molecular flexibility index (Phi) is 10.7. The molecule has 152 valence electrons. The van der Waals surface area contributed by atoms with Crippen molar-refractivity contribution in [3.63, 3.8) is 0 Å². The van der Waals surface area contributed by atoms with Crippen LogP contribution in [0.25, 0.3) is 0 Å². The number of halogens is 1. The molecule has 0 spiro atoms. The van der Waals surface area contributed by atoms with Gasteiger partial charge < -0.3 is 25.7 Å². The monoisotopic (exact) mass is 499 g/mol. The lowest BCUT2D eigenvalue weighted by Crippen LogP contribution is -2.42. The van der Waals surface area contributed by atoms with Crippen LogP contribution in [0.15, 0.2) is 52.1 Å². The van der Waals surface area contributed by atoms with Crippen molar-refractivity contribution in [1.29, 1.82) is 0 Å². The minimum Gasteiger partial charge on any atom is -0.459 e. The summed E-state index contributed by atoms with van der Waals surface area (Å²) >= 11 is 0. The smallest absolute Gasteiger partial charge is 0.287 e. The van der Waals surface area contributed by atoms with Gasteiger partial charge in [0.15, 0.2) is 11.7 Å². The van der Waals surface area contributed by atoms with Gasteiger partial charge in [-0.2, -0.15) is 0 Å². The molecule has 0 aliphatic rings. The molecule has 0 bridgehead atoms. The SMILES string of the molecule is CN=C(NCCNC(=O)c1ccco1)NCCc1cccc(C(=O)NC)c1.I. The Hall–Kier alpha value is -2.56. The molecule has 0 atom stereocenters. The van der Waals surface area contributed by atoms with Crippen molar-refractivity contribution in [3.8, 4) is 0 Å². The van der Waals surface area contributed by atoms with E-state index in [2.05, 4.69) is 26.3 Å². The molecule has 0 saturated carbocycles. The highest BCUT2D eigenvalue weighted by Gasteiger charge is 2.07. The number of amides is 2. The van der Waals surface area contributed by atoms with Gasteiger partial charge >= 0.3 is 0 Å². The van der Waals surface area contributed by atoms with Crippen molar-refractivity contribution >= 4 is 41.8 Å². The van der Waals surface area contributed by atoms with Gasteiger partial charge in [0.1, 0.15) is 0 Å². The predicted octanol–water partition coefficient (Wildman–Crippen LogP) is 1.39. The third-order valence-electron chi connectivity index (χ3n) is 3.79. The van der Waals surface area contributed by atoms with Crippen molar-refractivity contribution in [3.05, 3.63) is 59.5 Å². The summed E-state index contributed by atoms with van der Waals surface area (Å²) < 4.78 is 5.03. The van der Waals surface area contributed by atoms with Gasteiger partial charge in [0.25, 0.3) is 11.8 Å². The maximum atomic E-state index is 11.7. The van der Waals surface area contributed by atoms with E-state index in [0.29, 0.717) is 31.2 Å². The fraction of sp³-hybridized carbons (Fsp3) is 0.316. The topological polar surface area (TPSA) is 108 Å². The van der Waals surface area contributed by atoms with Crippen molar-refractivity contribution < 1.29 is 14.0 Å². The Balaban J connectivity index is 0.00000392. The summed E-state index contributed by atoms with van der Waals surface area (Å²) in [7, 11) is 3.30. The lowest BCUT2D eigenvalue weighted by atomic mass is 10.1. The second kappa shape index (κ2) is 12.8. The average molecular weight is 499 g/mol. The first-order valence-electron chi connectivity index (χ1n) is 8.71. The van der Waals surface area contributed by atoms with E-state index in [1.54, 1.807) is 32.3 Å². The molecular weight excluding hydrogens is 473 g/mol. The zero-order valence-electron chi connectivity index (χ0n) is 16.0. The number of nitrogens with one attached hydrogen (secondary N) is 4. The van der Waals surface area contributed by atoms with E-state index in [1.807, 2.05) is 18.2 Å². The molecule has 0 radical (unpaired) electrons. The van der Waals surface area contributed by atoms with Gasteiger partial charge in [-0.25, -0.2) is 0 Å². The summed E-state index contributed by atoms with van der Waals surface area (Å²) in [5, 5.41) is 11.7. The number of nitrogens with zero attached hydrogens (tertiary/aromatic N) is 1. The minimum atomic E-state index is -0.249. The highest BCUT2D eigenvalue weighted by atomic mass is 127. The predicted molar refractivity (Wildman–Crippen MR) is 119 cm³/mol. The molecule has 8 nitrogen and oxygen atoms in total. The number of hydrogen-bond acceptors (Lipinski definition) is 4. The van der Waals surface area contributed by atoms with Crippen LogP contribution in [0.2, 0.25) is 0 Å². The van der Waals surface area contributed by atoms with Crippen LogP contribution >= 0.6 is 24.0 Å². The van der Waals surface area contributed by atoms with Gasteiger partial charge in [-0.15, -0.1) is 24.0 Å². The molecule has 0 unspecified atom stereocenters. The van der Waals surface area contributed by atoms with E-state index in [-0.39, 0.29) is 41.6 Å². The van der Waals surface area contributed by atoms with Crippen LogP contribution in [-0.4, -0.2) is 51.5 Å². The Morgan fingerprint density at radius 1 is 1.00 bits per heavy atom. The first-order valence-corrected chi connectivity index (χ1v) is 8.71. The molecule has 0 fully saturated rings. The Morgan fingerprint density at radius 2 is 1.75 bits per heavy atom. The van der Waals surface area contributed by atoms with Gasteiger partial charge in [0, 0.05) is 39.3 Å². The molecule has 0 aliphatic carbocycles. The minimum absolute atomic E-state index is 0. The van der Waals surface area contributed by atoms with Gasteiger partial charge in [-0.05, 0) is 36.2 Å². The maximum absolute atomic E-state index is 11.7. The number of carbonyl (C=O) groups is 2. The second-order valence-electron chi connectivity index (χ2n) is 5.69. The molecule has 28 heavy (non-hydrogen) atoms. The molecule has 2 aromatic rings. The zero-order valence-corrected chi connectivity index (χ0v) is 18.3. The van der Waals surface area contributed by atoms with Crippen LogP contribution in [-0.2, 0) is 6.42 Å². The van der Waals surface area contributed by atoms with E-state index >= 15 is 0 Å². The molecule has 1 aromatic carbocycles. The number of guanidine groups is 1. The Morgan fingerprint density at radius 3 is 2.43 bits per heavy atom. The number of benzene rings is 1. The van der Waals surface area contributed by atoms with Gasteiger partial charge in [-0.1, -0.05) is 12.1 Å². The van der Waals surface area contributed by atoms with Gasteiger partial charge in [0.05, 0.1) is 6.26 Å². The standard InChI is InChI=1S/C19H25N5O3.HI/c1-20-17(25)15-6-3-5-14(13-15)8-9-23-19(21-2)24-11-10-22-18(26)16-7-4-12-27-16;/h3-7,12-13H,8-11H2,1-2H3,(H,20,25)(H,22,26)(H2,21,23,24);1H. The summed E-state index contributed by atoms with van der Waals surface area (Å²) in [6.45, 7) is 1.63. The summed E-state index contributed by atoms with van der Waals surface area (Å²) in [5.74, 6) is 0.584. The van der Waals surface area contributed by atoms with E-state index < -0.39 is 0 Å². The fourth-order valence-electron chi connectivity index (χ4n) is 2.41. The van der Waals surface area contributed by atoms with E-state index in [1.165, 1.54) is 6.26 Å². The average Bonchev–Trinajstić information content (AvgIpc) is 3.24. The third-order valence-corrected chi connectivity index (χ3v) is 3.79. The normalized spacial score (nSPS) is 10.6. The van der Waals surface area contributed by atoms with Crippen LogP contribution in [0.4, 0.5) is 0 Å². The molecule has 1 aromatic heterocycles. The van der Waals surface area contributed by atoms with Crippen molar-refractivity contribution in [2.75, 3.05) is 33.7 Å². The lowest BCUT2D eigenvalue weighted by molar-refractivity contribution is 0.0925. The van der Waals surface area contributed by atoms with Crippen LogP contribution in [0.3, 0.4) is 0 Å². The zero-order chi connectivity index (χ0) is 19.5. The molecule has 1 heterocycles. The van der Waals surface area contributed by atoms with Gasteiger partial charge in [0.2, 0.25) is 0 Å². The molecular formula is C19H26IN5O3. The van der Waals surface area contributed by atoms with E-state index in [0.717, 1.165) is 12.0 Å². The highest BCUT2D eigenvalue weighted by Crippen LogP contribution is 2.05. The Labute approximate surface area is 181 Å². The second-order valence-corrected chi connectivity index (χ2v) is 5.69. The Bertz CT molecular complexity index is 778. The van der Waals surface area contributed by atoms with Crippen molar-refractivity contribution in [1.82, 2.24) is 21.3 Å². The number of carbonyl (C=O) groups excluding carboxylic acids is 2. The quantitative estimate of drug-likeness (QED) is 0.190. The molecule has 4 N–H and O–H groups in total. The van der Waals surface area contributed by atoms with E-state index in [9.17, 15) is 9.59 Å². The molecule has 0 saturated heterocycles. The van der Waals surface area contributed by atoms with Crippen molar-refractivity contribution in [2.45, 2.75) is 6.42 Å². The number of aliphatic imine (C=N–C) groups is 1. The van der Waals surface area contributed by atoms with Crippen LogP contribution in [0, 0.1) is 0 Å². The first kappa shape index (κ1) is 23.5. The fourth-order valence-corrected chi connectivity index (χ4v) is 2.41. The lowest BCUT2D eigenvalue weighted by Gasteiger charge is -2.12. The maximum Gasteiger partial charge on any atom is 0.287 e. The van der Waals surface area contributed by atoms with Crippen LogP contribution in [0.1, 0.15) is 26.5 Å². The summed E-state index contributed by atoms with van der Waals surface area (Å²) in [6.07, 6.45) is 2.21. The summed E-state index contributed by atoms with van der Waals surface area (Å²) in [5.41, 5.74) is 1.70. The molecule has 0 aliphatic heterocycles.